The summed E-state index contributed by atoms with van der Waals surface area (Å²) in [5.41, 5.74) is 1.19. The second kappa shape index (κ2) is 7.50. The summed E-state index contributed by atoms with van der Waals surface area (Å²) in [6, 6.07) is 11.6. The smallest absolute Gasteiger partial charge is 0.408 e. The lowest BCUT2D eigenvalue weighted by atomic mass is 9.94. The summed E-state index contributed by atoms with van der Waals surface area (Å²) in [5, 5.41) is 2.03. The van der Waals surface area contributed by atoms with Gasteiger partial charge >= 0.3 is 5.76 Å². The fraction of sp³-hybridized carbons (Fsp3) is 0.400. The van der Waals surface area contributed by atoms with E-state index in [0.717, 1.165) is 25.7 Å². The third kappa shape index (κ3) is 3.46. The molecule has 1 aliphatic carbocycles. The number of hydrogen-bond donors (Lipinski definition) is 0. The predicted molar refractivity (Wildman–Crippen MR) is 102 cm³/mol. The third-order valence-corrected chi connectivity index (χ3v) is 5.97. The highest BCUT2D eigenvalue weighted by atomic mass is 32.1. The van der Waals surface area contributed by atoms with Crippen molar-refractivity contribution in [1.82, 2.24) is 9.47 Å². The van der Waals surface area contributed by atoms with Gasteiger partial charge in [-0.25, -0.2) is 4.79 Å². The van der Waals surface area contributed by atoms with Crippen LogP contribution in [0.3, 0.4) is 0 Å². The van der Waals surface area contributed by atoms with Gasteiger partial charge in [-0.2, -0.15) is 0 Å². The van der Waals surface area contributed by atoms with E-state index in [1.807, 2.05) is 34.5 Å². The summed E-state index contributed by atoms with van der Waals surface area (Å²) in [6.45, 7) is 0.642. The number of carbonyl (C=O) groups excluding carboxylic acids is 1. The Hall–Kier alpha value is -2.34. The Kier molecular flexibility index (Phi) is 4.93. The molecule has 0 bridgehead atoms. The average molecular weight is 370 g/mol. The van der Waals surface area contributed by atoms with Crippen molar-refractivity contribution in [2.24, 2.45) is 0 Å². The molecule has 136 valence electrons. The lowest BCUT2D eigenvalue weighted by Crippen LogP contribution is -2.43. The Bertz CT molecular complexity index is 936. The molecule has 4 rings (SSSR count). The number of para-hydroxylation sites is 2. The molecular formula is C20H22N2O3S. The zero-order valence-electron chi connectivity index (χ0n) is 14.6. The van der Waals surface area contributed by atoms with E-state index in [4.69, 9.17) is 4.42 Å². The number of hydrogen-bond acceptors (Lipinski definition) is 4. The third-order valence-electron chi connectivity index (χ3n) is 5.11. The first-order chi connectivity index (χ1) is 12.7. The number of fused-ring (bicyclic) bond motifs is 1. The van der Waals surface area contributed by atoms with E-state index in [1.165, 1.54) is 15.9 Å². The van der Waals surface area contributed by atoms with Crippen molar-refractivity contribution < 1.29 is 9.21 Å². The highest BCUT2D eigenvalue weighted by molar-refractivity contribution is 7.09. The minimum atomic E-state index is -0.473. The quantitative estimate of drug-likeness (QED) is 0.682. The van der Waals surface area contributed by atoms with Crippen LogP contribution in [0.4, 0.5) is 0 Å². The average Bonchev–Trinajstić information content (AvgIpc) is 3.28. The fourth-order valence-corrected chi connectivity index (χ4v) is 4.48. The SMILES string of the molecule is O=C(Cn1c(=O)oc2ccccc21)N(Cc1cccs1)C1CCCCC1. The highest BCUT2D eigenvalue weighted by Crippen LogP contribution is 2.26. The van der Waals surface area contributed by atoms with Crippen molar-refractivity contribution in [3.8, 4) is 0 Å². The molecular weight excluding hydrogens is 348 g/mol. The number of carbonyl (C=O) groups is 1. The Balaban J connectivity index is 1.60. The molecule has 26 heavy (non-hydrogen) atoms. The van der Waals surface area contributed by atoms with Crippen molar-refractivity contribution in [3.63, 3.8) is 0 Å². The van der Waals surface area contributed by atoms with Crippen LogP contribution in [-0.4, -0.2) is 21.4 Å². The maximum absolute atomic E-state index is 13.2. The van der Waals surface area contributed by atoms with E-state index in [9.17, 15) is 9.59 Å². The highest BCUT2D eigenvalue weighted by Gasteiger charge is 2.27. The number of aromatic nitrogens is 1. The lowest BCUT2D eigenvalue weighted by molar-refractivity contribution is -0.135. The van der Waals surface area contributed by atoms with Crippen LogP contribution in [0.2, 0.25) is 0 Å². The number of nitrogens with zero attached hydrogens (tertiary/aromatic N) is 2. The maximum Gasteiger partial charge on any atom is 0.420 e. The van der Waals surface area contributed by atoms with E-state index < -0.39 is 5.76 Å². The van der Waals surface area contributed by atoms with Gasteiger partial charge in [0.25, 0.3) is 0 Å². The predicted octanol–water partition coefficient (Wildman–Crippen LogP) is 4.02. The van der Waals surface area contributed by atoms with Crippen LogP contribution in [0.15, 0.2) is 51.0 Å². The molecule has 0 saturated heterocycles. The maximum atomic E-state index is 13.2. The monoisotopic (exact) mass is 370 g/mol. The first-order valence-electron chi connectivity index (χ1n) is 9.12. The van der Waals surface area contributed by atoms with Crippen molar-refractivity contribution in [1.29, 1.82) is 0 Å². The standard InChI is InChI=1S/C20H22N2O3S/c23-19(14-22-17-10-4-5-11-18(17)25-20(22)24)21(13-16-9-6-12-26-16)15-7-2-1-3-8-15/h4-6,9-12,15H,1-3,7-8,13-14H2. The van der Waals surface area contributed by atoms with Crippen molar-refractivity contribution in [2.45, 2.75) is 51.2 Å². The summed E-state index contributed by atoms with van der Waals surface area (Å²) in [7, 11) is 0. The zero-order chi connectivity index (χ0) is 17.9. The molecule has 2 aromatic heterocycles. The van der Waals surface area contributed by atoms with Gasteiger partial charge in [-0.3, -0.25) is 9.36 Å². The van der Waals surface area contributed by atoms with Gasteiger partial charge in [0.05, 0.1) is 12.1 Å². The number of oxazole rings is 1. The van der Waals surface area contributed by atoms with Crippen LogP contribution >= 0.6 is 11.3 Å². The largest absolute Gasteiger partial charge is 0.420 e. The van der Waals surface area contributed by atoms with E-state index in [2.05, 4.69) is 6.07 Å². The van der Waals surface area contributed by atoms with Crippen LogP contribution in [0, 0.1) is 0 Å². The minimum absolute atomic E-state index is 0.0149. The zero-order valence-corrected chi connectivity index (χ0v) is 15.4. The summed E-state index contributed by atoms with van der Waals surface area (Å²) in [4.78, 5) is 28.5. The molecule has 1 aromatic carbocycles. The summed E-state index contributed by atoms with van der Waals surface area (Å²) >= 11 is 1.67. The summed E-state index contributed by atoms with van der Waals surface area (Å²) < 4.78 is 6.72. The topological polar surface area (TPSA) is 55.5 Å². The second-order valence-electron chi connectivity index (χ2n) is 6.81. The molecule has 0 radical (unpaired) electrons. The normalized spacial score (nSPS) is 15.4. The van der Waals surface area contributed by atoms with Gasteiger partial charge in [0, 0.05) is 10.9 Å². The first-order valence-corrected chi connectivity index (χ1v) is 10.0. The van der Waals surface area contributed by atoms with Gasteiger partial charge in [-0.1, -0.05) is 37.5 Å². The fourth-order valence-electron chi connectivity index (χ4n) is 3.77. The number of benzene rings is 1. The van der Waals surface area contributed by atoms with E-state index in [0.29, 0.717) is 17.6 Å². The Morgan fingerprint density at radius 3 is 2.73 bits per heavy atom. The van der Waals surface area contributed by atoms with E-state index in [1.54, 1.807) is 17.4 Å². The molecule has 0 spiro atoms. The van der Waals surface area contributed by atoms with Gasteiger partial charge in [0.1, 0.15) is 6.54 Å². The molecule has 1 amide bonds. The Labute approximate surface area is 155 Å². The molecule has 1 fully saturated rings. The van der Waals surface area contributed by atoms with Gasteiger partial charge in [0.2, 0.25) is 5.91 Å². The Morgan fingerprint density at radius 1 is 1.15 bits per heavy atom. The Morgan fingerprint density at radius 2 is 1.96 bits per heavy atom. The summed E-state index contributed by atoms with van der Waals surface area (Å²) in [5.74, 6) is -0.488. The summed E-state index contributed by atoms with van der Waals surface area (Å²) in [6.07, 6.45) is 5.64. The van der Waals surface area contributed by atoms with Crippen LogP contribution in [0.1, 0.15) is 37.0 Å². The van der Waals surface area contributed by atoms with Crippen molar-refractivity contribution in [3.05, 3.63) is 57.2 Å². The van der Waals surface area contributed by atoms with Crippen molar-refractivity contribution >= 4 is 28.3 Å². The second-order valence-corrected chi connectivity index (χ2v) is 7.85. The van der Waals surface area contributed by atoms with Gasteiger partial charge in [-0.15, -0.1) is 11.3 Å². The van der Waals surface area contributed by atoms with Crippen LogP contribution in [0.25, 0.3) is 11.1 Å². The first kappa shape index (κ1) is 17.1. The molecule has 0 unspecified atom stereocenters. The van der Waals surface area contributed by atoms with Crippen molar-refractivity contribution in [2.75, 3.05) is 0 Å². The number of thiophene rings is 1. The van der Waals surface area contributed by atoms with E-state index in [-0.39, 0.29) is 18.5 Å². The molecule has 6 heteroatoms. The van der Waals surface area contributed by atoms with Crippen LogP contribution in [-0.2, 0) is 17.9 Å². The van der Waals surface area contributed by atoms with Gasteiger partial charge in [0.15, 0.2) is 5.58 Å². The molecule has 2 heterocycles. The lowest BCUT2D eigenvalue weighted by Gasteiger charge is -2.34. The number of rotatable bonds is 5. The van der Waals surface area contributed by atoms with E-state index >= 15 is 0 Å². The molecule has 0 aliphatic heterocycles. The molecule has 1 saturated carbocycles. The molecule has 3 aromatic rings. The minimum Gasteiger partial charge on any atom is -0.408 e. The number of amides is 1. The van der Waals surface area contributed by atoms with Crippen LogP contribution in [0.5, 0.6) is 0 Å². The van der Waals surface area contributed by atoms with Gasteiger partial charge < -0.3 is 9.32 Å². The molecule has 0 N–H and O–H groups in total. The van der Waals surface area contributed by atoms with Gasteiger partial charge in [-0.05, 0) is 36.4 Å². The molecule has 5 nitrogen and oxygen atoms in total. The molecule has 1 aliphatic rings. The molecule has 0 atom stereocenters. The van der Waals surface area contributed by atoms with Crippen LogP contribution < -0.4 is 5.76 Å².